The SMILES string of the molecule is CC1CCCN1C(CN)c1ccc(Cl)cc1. The van der Waals surface area contributed by atoms with Gasteiger partial charge in [-0.25, -0.2) is 0 Å². The van der Waals surface area contributed by atoms with Gasteiger partial charge in [0.05, 0.1) is 0 Å². The van der Waals surface area contributed by atoms with Crippen LogP contribution in [0, 0.1) is 0 Å². The van der Waals surface area contributed by atoms with E-state index in [2.05, 4.69) is 24.0 Å². The molecule has 0 amide bonds. The Balaban J connectivity index is 2.18. The highest BCUT2D eigenvalue weighted by Gasteiger charge is 2.27. The molecule has 0 aromatic heterocycles. The minimum atomic E-state index is 0.342. The van der Waals surface area contributed by atoms with Crippen molar-refractivity contribution in [3.8, 4) is 0 Å². The number of halogens is 1. The van der Waals surface area contributed by atoms with E-state index in [1.165, 1.54) is 18.4 Å². The Hall–Kier alpha value is -0.570. The van der Waals surface area contributed by atoms with Crippen LogP contribution in [-0.4, -0.2) is 24.0 Å². The van der Waals surface area contributed by atoms with Gasteiger partial charge < -0.3 is 5.73 Å². The molecule has 1 aliphatic rings. The van der Waals surface area contributed by atoms with Gasteiger partial charge in [0.25, 0.3) is 0 Å². The second kappa shape index (κ2) is 5.17. The second-order valence-electron chi connectivity index (χ2n) is 4.53. The van der Waals surface area contributed by atoms with Crippen molar-refractivity contribution in [1.29, 1.82) is 0 Å². The summed E-state index contributed by atoms with van der Waals surface area (Å²) in [7, 11) is 0. The van der Waals surface area contributed by atoms with Crippen molar-refractivity contribution in [2.45, 2.75) is 31.8 Å². The summed E-state index contributed by atoms with van der Waals surface area (Å²) >= 11 is 5.90. The molecule has 0 radical (unpaired) electrons. The first-order valence-electron chi connectivity index (χ1n) is 5.93. The minimum absolute atomic E-state index is 0.342. The normalized spacial score (nSPS) is 23.6. The molecule has 1 heterocycles. The van der Waals surface area contributed by atoms with E-state index in [0.717, 1.165) is 11.6 Å². The Morgan fingerprint density at radius 2 is 2.12 bits per heavy atom. The largest absolute Gasteiger partial charge is 0.329 e. The lowest BCUT2D eigenvalue weighted by Gasteiger charge is -2.30. The van der Waals surface area contributed by atoms with Crippen LogP contribution in [0.5, 0.6) is 0 Å². The molecule has 16 heavy (non-hydrogen) atoms. The Bertz CT molecular complexity index is 336. The molecule has 1 aromatic carbocycles. The van der Waals surface area contributed by atoms with Crippen molar-refractivity contribution in [3.63, 3.8) is 0 Å². The van der Waals surface area contributed by atoms with Gasteiger partial charge >= 0.3 is 0 Å². The van der Waals surface area contributed by atoms with Gasteiger partial charge in [-0.3, -0.25) is 4.90 Å². The molecule has 88 valence electrons. The van der Waals surface area contributed by atoms with Crippen LogP contribution < -0.4 is 5.73 Å². The molecule has 0 bridgehead atoms. The zero-order valence-electron chi connectivity index (χ0n) is 9.70. The average Bonchev–Trinajstić information content (AvgIpc) is 2.69. The third-order valence-corrected chi connectivity index (χ3v) is 3.73. The van der Waals surface area contributed by atoms with Gasteiger partial charge in [0.15, 0.2) is 0 Å². The zero-order chi connectivity index (χ0) is 11.5. The fourth-order valence-electron chi connectivity index (χ4n) is 2.57. The summed E-state index contributed by atoms with van der Waals surface area (Å²) in [5, 5.41) is 0.786. The topological polar surface area (TPSA) is 29.3 Å². The highest BCUT2D eigenvalue weighted by Crippen LogP contribution is 2.29. The summed E-state index contributed by atoms with van der Waals surface area (Å²) in [6.07, 6.45) is 2.56. The monoisotopic (exact) mass is 238 g/mol. The molecule has 1 aromatic rings. The average molecular weight is 239 g/mol. The highest BCUT2D eigenvalue weighted by molar-refractivity contribution is 6.30. The maximum Gasteiger partial charge on any atom is 0.0473 e. The Morgan fingerprint density at radius 1 is 1.44 bits per heavy atom. The van der Waals surface area contributed by atoms with Gasteiger partial charge in [-0.05, 0) is 44.0 Å². The lowest BCUT2D eigenvalue weighted by molar-refractivity contribution is 0.195. The zero-order valence-corrected chi connectivity index (χ0v) is 10.5. The molecule has 0 saturated carbocycles. The molecule has 2 nitrogen and oxygen atoms in total. The maximum absolute atomic E-state index is 5.91. The Labute approximate surface area is 102 Å². The van der Waals surface area contributed by atoms with Crippen molar-refractivity contribution >= 4 is 11.6 Å². The van der Waals surface area contributed by atoms with E-state index in [-0.39, 0.29) is 0 Å². The van der Waals surface area contributed by atoms with E-state index in [9.17, 15) is 0 Å². The van der Waals surface area contributed by atoms with E-state index in [0.29, 0.717) is 18.6 Å². The molecule has 2 rings (SSSR count). The van der Waals surface area contributed by atoms with E-state index in [4.69, 9.17) is 17.3 Å². The Morgan fingerprint density at radius 3 is 2.62 bits per heavy atom. The maximum atomic E-state index is 5.91. The molecule has 3 heteroatoms. The number of hydrogen-bond donors (Lipinski definition) is 1. The van der Waals surface area contributed by atoms with Crippen LogP contribution in [0.15, 0.2) is 24.3 Å². The van der Waals surface area contributed by atoms with Crippen molar-refractivity contribution in [2.75, 3.05) is 13.1 Å². The summed E-state index contributed by atoms with van der Waals surface area (Å²) < 4.78 is 0. The predicted molar refractivity (Wildman–Crippen MR) is 68.6 cm³/mol. The fourth-order valence-corrected chi connectivity index (χ4v) is 2.69. The molecule has 0 spiro atoms. The minimum Gasteiger partial charge on any atom is -0.329 e. The fraction of sp³-hybridized carbons (Fsp3) is 0.538. The van der Waals surface area contributed by atoms with Crippen LogP contribution in [0.25, 0.3) is 0 Å². The van der Waals surface area contributed by atoms with Crippen LogP contribution in [0.3, 0.4) is 0 Å². The molecule has 1 saturated heterocycles. The van der Waals surface area contributed by atoms with Crippen LogP contribution in [0.4, 0.5) is 0 Å². The second-order valence-corrected chi connectivity index (χ2v) is 4.97. The summed E-state index contributed by atoms with van der Waals surface area (Å²) in [5.74, 6) is 0. The van der Waals surface area contributed by atoms with Gasteiger partial charge in [0, 0.05) is 23.7 Å². The third kappa shape index (κ3) is 2.40. The van der Waals surface area contributed by atoms with Gasteiger partial charge in [-0.1, -0.05) is 23.7 Å². The number of benzene rings is 1. The summed E-state index contributed by atoms with van der Waals surface area (Å²) in [4.78, 5) is 2.50. The third-order valence-electron chi connectivity index (χ3n) is 3.48. The molecule has 2 N–H and O–H groups in total. The number of nitrogens with zero attached hydrogens (tertiary/aromatic N) is 1. The van der Waals surface area contributed by atoms with E-state index >= 15 is 0 Å². The summed E-state index contributed by atoms with van der Waals surface area (Å²) in [6, 6.07) is 9.05. The molecule has 1 aliphatic heterocycles. The smallest absolute Gasteiger partial charge is 0.0473 e. The molecule has 2 unspecified atom stereocenters. The van der Waals surface area contributed by atoms with Gasteiger partial charge in [0.2, 0.25) is 0 Å². The van der Waals surface area contributed by atoms with Crippen LogP contribution in [0.1, 0.15) is 31.4 Å². The molecule has 1 fully saturated rings. The number of rotatable bonds is 3. The summed E-state index contributed by atoms with van der Waals surface area (Å²) in [5.41, 5.74) is 7.19. The standard InChI is InChI=1S/C13H19ClN2/c1-10-3-2-8-16(10)13(9-15)11-4-6-12(14)7-5-11/h4-7,10,13H,2-3,8-9,15H2,1H3. The lowest BCUT2D eigenvalue weighted by atomic mass is 10.0. The quantitative estimate of drug-likeness (QED) is 0.878. The number of hydrogen-bond acceptors (Lipinski definition) is 2. The lowest BCUT2D eigenvalue weighted by Crippen LogP contribution is -2.35. The van der Waals surface area contributed by atoms with Crippen molar-refractivity contribution in [1.82, 2.24) is 4.90 Å². The molecular weight excluding hydrogens is 220 g/mol. The van der Waals surface area contributed by atoms with Gasteiger partial charge in [-0.2, -0.15) is 0 Å². The Kier molecular flexibility index (Phi) is 3.85. The first-order valence-corrected chi connectivity index (χ1v) is 6.31. The molecular formula is C13H19ClN2. The van der Waals surface area contributed by atoms with Crippen LogP contribution >= 0.6 is 11.6 Å². The number of likely N-dealkylation sites (tertiary alicyclic amines) is 1. The first-order chi connectivity index (χ1) is 7.72. The van der Waals surface area contributed by atoms with E-state index in [1.807, 2.05) is 12.1 Å². The van der Waals surface area contributed by atoms with Gasteiger partial charge in [-0.15, -0.1) is 0 Å². The predicted octanol–water partition coefficient (Wildman–Crippen LogP) is 2.82. The van der Waals surface area contributed by atoms with Crippen molar-refractivity contribution in [2.24, 2.45) is 5.73 Å². The summed E-state index contributed by atoms with van der Waals surface area (Å²) in [6.45, 7) is 4.11. The van der Waals surface area contributed by atoms with Crippen molar-refractivity contribution < 1.29 is 0 Å². The van der Waals surface area contributed by atoms with E-state index < -0.39 is 0 Å². The van der Waals surface area contributed by atoms with Crippen molar-refractivity contribution in [3.05, 3.63) is 34.9 Å². The molecule has 0 aliphatic carbocycles. The first kappa shape index (κ1) is 11.9. The van der Waals surface area contributed by atoms with Crippen LogP contribution in [-0.2, 0) is 0 Å². The van der Waals surface area contributed by atoms with E-state index in [1.54, 1.807) is 0 Å². The number of nitrogens with two attached hydrogens (primary N) is 1. The van der Waals surface area contributed by atoms with Crippen LogP contribution in [0.2, 0.25) is 5.02 Å². The highest BCUT2D eigenvalue weighted by atomic mass is 35.5. The molecule has 2 atom stereocenters. The van der Waals surface area contributed by atoms with Gasteiger partial charge in [0.1, 0.15) is 0 Å².